The first-order chi connectivity index (χ1) is 9.47. The number of benzene rings is 1. The molecule has 0 radical (unpaired) electrons. The van der Waals surface area contributed by atoms with Crippen molar-refractivity contribution >= 4 is 18.0 Å². The van der Waals surface area contributed by atoms with Crippen molar-refractivity contribution in [2.75, 3.05) is 11.4 Å². The van der Waals surface area contributed by atoms with Gasteiger partial charge in [0.1, 0.15) is 0 Å². The summed E-state index contributed by atoms with van der Waals surface area (Å²) in [5, 5.41) is 12.7. The molecule has 20 heavy (non-hydrogen) atoms. The van der Waals surface area contributed by atoms with Gasteiger partial charge in [-0.15, -0.1) is 0 Å². The van der Waals surface area contributed by atoms with E-state index in [0.29, 0.717) is 24.6 Å². The lowest BCUT2D eigenvalue weighted by Crippen LogP contribution is -2.49. The molecule has 0 aliphatic heterocycles. The number of anilines is 1. The maximum Gasteiger partial charge on any atom is 0.251 e. The van der Waals surface area contributed by atoms with Gasteiger partial charge < -0.3 is 15.3 Å². The number of para-hydroxylation sites is 1. The third kappa shape index (κ3) is 4.35. The van der Waals surface area contributed by atoms with Gasteiger partial charge >= 0.3 is 0 Å². The number of hydrogen-bond acceptors (Lipinski definition) is 3. The molecule has 0 bridgehead atoms. The Balaban J connectivity index is 2.73. The SMILES string of the molecule is CC(C)CNC(=O)C(O)C(C)N(C=O)c1ccccc1. The Morgan fingerprint density at radius 2 is 1.90 bits per heavy atom. The van der Waals surface area contributed by atoms with Crippen LogP contribution < -0.4 is 10.2 Å². The molecule has 5 nitrogen and oxygen atoms in total. The third-order valence-corrected chi connectivity index (χ3v) is 3.02. The number of amides is 2. The number of carbonyl (C=O) groups excluding carboxylic acids is 2. The molecule has 0 saturated heterocycles. The highest BCUT2D eigenvalue weighted by atomic mass is 16.3. The Bertz CT molecular complexity index is 434. The average Bonchev–Trinajstić information content (AvgIpc) is 2.45. The zero-order valence-corrected chi connectivity index (χ0v) is 12.1. The maximum absolute atomic E-state index is 11.8. The van der Waals surface area contributed by atoms with Crippen LogP contribution >= 0.6 is 0 Å². The summed E-state index contributed by atoms with van der Waals surface area (Å²) in [6.45, 7) is 6.08. The van der Waals surface area contributed by atoms with E-state index in [1.165, 1.54) is 4.90 Å². The molecule has 0 fully saturated rings. The highest BCUT2D eigenvalue weighted by molar-refractivity contribution is 5.84. The van der Waals surface area contributed by atoms with Gasteiger partial charge in [0.05, 0.1) is 6.04 Å². The number of carbonyl (C=O) groups is 2. The summed E-state index contributed by atoms with van der Waals surface area (Å²) in [7, 11) is 0. The van der Waals surface area contributed by atoms with E-state index in [1.54, 1.807) is 31.2 Å². The number of aliphatic hydroxyl groups is 1. The first-order valence-corrected chi connectivity index (χ1v) is 6.71. The van der Waals surface area contributed by atoms with E-state index in [2.05, 4.69) is 5.32 Å². The largest absolute Gasteiger partial charge is 0.381 e. The van der Waals surface area contributed by atoms with Gasteiger partial charge in [0, 0.05) is 12.2 Å². The smallest absolute Gasteiger partial charge is 0.251 e. The van der Waals surface area contributed by atoms with Crippen LogP contribution in [-0.4, -0.2) is 36.1 Å². The second kappa shape index (κ2) is 7.65. The fraction of sp³-hybridized carbons (Fsp3) is 0.467. The summed E-state index contributed by atoms with van der Waals surface area (Å²) < 4.78 is 0. The normalized spacial score (nSPS) is 13.7. The molecular weight excluding hydrogens is 256 g/mol. The number of rotatable bonds is 7. The number of hydrogen-bond donors (Lipinski definition) is 2. The average molecular weight is 278 g/mol. The highest BCUT2D eigenvalue weighted by Gasteiger charge is 2.27. The molecule has 0 saturated carbocycles. The van der Waals surface area contributed by atoms with Gasteiger partial charge in [0.25, 0.3) is 5.91 Å². The lowest BCUT2D eigenvalue weighted by Gasteiger charge is -2.28. The zero-order valence-electron chi connectivity index (χ0n) is 12.1. The second-order valence-electron chi connectivity index (χ2n) is 5.17. The van der Waals surface area contributed by atoms with Crippen LogP contribution in [0, 0.1) is 5.92 Å². The van der Waals surface area contributed by atoms with Gasteiger partial charge in [-0.25, -0.2) is 0 Å². The minimum absolute atomic E-state index is 0.303. The Labute approximate surface area is 119 Å². The van der Waals surface area contributed by atoms with E-state index in [4.69, 9.17) is 0 Å². The number of nitrogens with zero attached hydrogens (tertiary/aromatic N) is 1. The molecule has 0 aromatic heterocycles. The van der Waals surface area contributed by atoms with Crippen molar-refractivity contribution in [2.24, 2.45) is 5.92 Å². The molecule has 0 heterocycles. The highest BCUT2D eigenvalue weighted by Crippen LogP contribution is 2.16. The third-order valence-electron chi connectivity index (χ3n) is 3.02. The molecule has 2 N–H and O–H groups in total. The molecule has 0 aliphatic carbocycles. The van der Waals surface area contributed by atoms with Crippen LogP contribution in [0.4, 0.5) is 5.69 Å². The molecule has 1 rings (SSSR count). The Kier molecular flexibility index (Phi) is 6.18. The Hall–Kier alpha value is -1.88. The van der Waals surface area contributed by atoms with E-state index in [0.717, 1.165) is 0 Å². The first kappa shape index (κ1) is 16.2. The van der Waals surface area contributed by atoms with Crippen molar-refractivity contribution < 1.29 is 14.7 Å². The number of nitrogens with one attached hydrogen (secondary N) is 1. The van der Waals surface area contributed by atoms with E-state index < -0.39 is 18.1 Å². The van der Waals surface area contributed by atoms with Crippen LogP contribution in [0.5, 0.6) is 0 Å². The lowest BCUT2D eigenvalue weighted by atomic mass is 10.1. The van der Waals surface area contributed by atoms with Crippen molar-refractivity contribution in [2.45, 2.75) is 32.9 Å². The predicted molar refractivity (Wildman–Crippen MR) is 78.3 cm³/mol. The second-order valence-corrected chi connectivity index (χ2v) is 5.17. The predicted octanol–water partition coefficient (Wildman–Crippen LogP) is 1.17. The van der Waals surface area contributed by atoms with Crippen molar-refractivity contribution in [1.82, 2.24) is 5.32 Å². The fourth-order valence-electron chi connectivity index (χ4n) is 1.77. The monoisotopic (exact) mass is 278 g/mol. The van der Waals surface area contributed by atoms with Gasteiger partial charge in [0.2, 0.25) is 6.41 Å². The zero-order chi connectivity index (χ0) is 15.1. The van der Waals surface area contributed by atoms with Gasteiger partial charge in [-0.1, -0.05) is 32.0 Å². The first-order valence-electron chi connectivity index (χ1n) is 6.71. The van der Waals surface area contributed by atoms with Crippen LogP contribution in [0.2, 0.25) is 0 Å². The van der Waals surface area contributed by atoms with Gasteiger partial charge in [-0.2, -0.15) is 0 Å². The van der Waals surface area contributed by atoms with Crippen molar-refractivity contribution in [3.8, 4) is 0 Å². The lowest BCUT2D eigenvalue weighted by molar-refractivity contribution is -0.130. The molecule has 2 amide bonds. The number of aliphatic hydroxyl groups excluding tert-OH is 1. The Morgan fingerprint density at radius 3 is 2.40 bits per heavy atom. The maximum atomic E-state index is 11.8. The van der Waals surface area contributed by atoms with E-state index in [9.17, 15) is 14.7 Å². The molecule has 2 atom stereocenters. The van der Waals surface area contributed by atoms with Crippen molar-refractivity contribution in [3.63, 3.8) is 0 Å². The van der Waals surface area contributed by atoms with Crippen LogP contribution in [0.25, 0.3) is 0 Å². The topological polar surface area (TPSA) is 69.6 Å². The summed E-state index contributed by atoms with van der Waals surface area (Å²) in [5.74, 6) is -0.160. The van der Waals surface area contributed by atoms with Crippen LogP contribution in [0.1, 0.15) is 20.8 Å². The van der Waals surface area contributed by atoms with E-state index in [-0.39, 0.29) is 0 Å². The molecule has 0 aliphatic rings. The molecule has 2 unspecified atom stereocenters. The summed E-state index contributed by atoms with van der Waals surface area (Å²) in [6.07, 6.45) is -0.641. The Morgan fingerprint density at radius 1 is 1.30 bits per heavy atom. The van der Waals surface area contributed by atoms with Crippen LogP contribution in [0.3, 0.4) is 0 Å². The summed E-state index contributed by atoms with van der Waals surface area (Å²) in [6, 6.07) is 8.30. The quantitative estimate of drug-likeness (QED) is 0.736. The molecule has 0 spiro atoms. The van der Waals surface area contributed by atoms with Crippen molar-refractivity contribution in [1.29, 1.82) is 0 Å². The van der Waals surface area contributed by atoms with E-state index >= 15 is 0 Å². The van der Waals surface area contributed by atoms with Gasteiger partial charge in [-0.3, -0.25) is 9.59 Å². The van der Waals surface area contributed by atoms with Crippen LogP contribution in [0.15, 0.2) is 30.3 Å². The summed E-state index contributed by atoms with van der Waals surface area (Å²) >= 11 is 0. The summed E-state index contributed by atoms with van der Waals surface area (Å²) in [4.78, 5) is 24.4. The van der Waals surface area contributed by atoms with E-state index in [1.807, 2.05) is 19.9 Å². The standard InChI is InChI=1S/C15H22N2O3/c1-11(2)9-16-15(20)14(19)12(3)17(10-18)13-7-5-4-6-8-13/h4-8,10-12,14,19H,9H2,1-3H3,(H,16,20). The van der Waals surface area contributed by atoms with Crippen LogP contribution in [-0.2, 0) is 9.59 Å². The molecule has 1 aromatic rings. The molecular formula is C15H22N2O3. The summed E-state index contributed by atoms with van der Waals surface area (Å²) in [5.41, 5.74) is 0.644. The molecule has 5 heteroatoms. The molecule has 1 aromatic carbocycles. The van der Waals surface area contributed by atoms with Crippen molar-refractivity contribution in [3.05, 3.63) is 30.3 Å². The van der Waals surface area contributed by atoms with Gasteiger partial charge in [0.15, 0.2) is 6.10 Å². The molecule has 110 valence electrons. The van der Waals surface area contributed by atoms with Gasteiger partial charge in [-0.05, 0) is 25.0 Å². The fourth-order valence-corrected chi connectivity index (χ4v) is 1.77. The minimum atomic E-state index is -1.26. The minimum Gasteiger partial charge on any atom is -0.381 e.